The molecular weight excluding hydrogens is 393 g/mol. The van der Waals surface area contributed by atoms with Crippen LogP contribution in [0.5, 0.6) is 0 Å². The van der Waals surface area contributed by atoms with Gasteiger partial charge in [0.1, 0.15) is 5.75 Å². The number of benzene rings is 1. The number of thiophene rings is 1. The van der Waals surface area contributed by atoms with Gasteiger partial charge in [-0.1, -0.05) is 17.4 Å². The molecule has 148 valence electrons. The summed E-state index contributed by atoms with van der Waals surface area (Å²) in [5.41, 5.74) is 0.0207. The molecule has 0 amide bonds. The van der Waals surface area contributed by atoms with Crippen LogP contribution in [0, 0.1) is 6.92 Å². The monoisotopic (exact) mass is 416 g/mol. The number of halogens is 3. The fraction of sp³-hybridized carbons (Fsp3) is 0.474. The first-order chi connectivity index (χ1) is 12.8. The second-order valence-electron chi connectivity index (χ2n) is 6.65. The lowest BCUT2D eigenvalue weighted by Crippen LogP contribution is -2.46. The predicted octanol–water partition coefficient (Wildman–Crippen LogP) is 4.40. The summed E-state index contributed by atoms with van der Waals surface area (Å²) in [5, 5.41) is 0. The molecule has 1 fully saturated rings. The lowest BCUT2D eigenvalue weighted by Gasteiger charge is -2.36. The zero-order valence-corrected chi connectivity index (χ0v) is 16.8. The summed E-state index contributed by atoms with van der Waals surface area (Å²) in [7, 11) is 0. The molecule has 0 saturated carbocycles. The summed E-state index contributed by atoms with van der Waals surface area (Å²) in [4.78, 5) is 5.46. The molecule has 0 bridgehead atoms. The Morgan fingerprint density at radius 3 is 2.48 bits per heavy atom. The summed E-state index contributed by atoms with van der Waals surface area (Å²) in [5.74, 6) is 0.647. The molecule has 3 nitrogen and oxygen atoms in total. The van der Waals surface area contributed by atoms with Gasteiger partial charge in [0.25, 0.3) is 0 Å². The largest absolute Gasteiger partial charge is 0.611 e. The molecule has 1 saturated heterocycles. The van der Waals surface area contributed by atoms with Gasteiger partial charge in [-0.3, -0.25) is 4.90 Å². The van der Waals surface area contributed by atoms with Crippen LogP contribution in [0.3, 0.4) is 0 Å². The highest BCUT2D eigenvalue weighted by atomic mass is 32.2. The lowest BCUT2D eigenvalue weighted by molar-refractivity contribution is -0.137. The van der Waals surface area contributed by atoms with E-state index in [9.17, 15) is 17.7 Å². The van der Waals surface area contributed by atoms with Crippen molar-refractivity contribution in [3.8, 4) is 0 Å². The van der Waals surface area contributed by atoms with E-state index in [0.29, 0.717) is 24.5 Å². The number of alkyl halides is 3. The van der Waals surface area contributed by atoms with Crippen LogP contribution in [-0.2, 0) is 17.4 Å². The molecule has 1 aromatic carbocycles. The molecule has 0 aliphatic carbocycles. The van der Waals surface area contributed by atoms with Gasteiger partial charge in [-0.15, -0.1) is 0 Å². The van der Waals surface area contributed by atoms with Gasteiger partial charge < -0.3 is 9.45 Å². The van der Waals surface area contributed by atoms with Crippen molar-refractivity contribution in [1.29, 1.82) is 0 Å². The van der Waals surface area contributed by atoms with Crippen molar-refractivity contribution < 1.29 is 17.7 Å². The number of hydrogen-bond donors (Lipinski definition) is 0. The van der Waals surface area contributed by atoms with E-state index in [1.165, 1.54) is 17.0 Å². The Hall–Kier alpha value is -1.22. The molecule has 0 spiro atoms. The van der Waals surface area contributed by atoms with Crippen LogP contribution in [0.25, 0.3) is 0 Å². The Morgan fingerprint density at radius 2 is 1.85 bits per heavy atom. The fourth-order valence-corrected chi connectivity index (χ4v) is 5.58. The first-order valence-electron chi connectivity index (χ1n) is 8.92. The highest BCUT2D eigenvalue weighted by Gasteiger charge is 2.31. The summed E-state index contributed by atoms with van der Waals surface area (Å²) in [6.07, 6.45) is -3.46. The maximum Gasteiger partial charge on any atom is 0.416 e. The van der Waals surface area contributed by atoms with Gasteiger partial charge in [0.15, 0.2) is 0 Å². The van der Waals surface area contributed by atoms with Gasteiger partial charge in [-0.25, -0.2) is 0 Å². The Balaban J connectivity index is 1.44. The molecule has 2 heterocycles. The predicted molar refractivity (Wildman–Crippen MR) is 105 cm³/mol. The fourth-order valence-electron chi connectivity index (χ4n) is 3.16. The van der Waals surface area contributed by atoms with Crippen molar-refractivity contribution in [2.24, 2.45) is 0 Å². The van der Waals surface area contributed by atoms with Crippen LogP contribution in [0.15, 0.2) is 40.6 Å². The van der Waals surface area contributed by atoms with E-state index >= 15 is 0 Å². The molecule has 1 atom stereocenters. The van der Waals surface area contributed by atoms with E-state index in [-0.39, 0.29) is 0 Å². The number of rotatable bonds is 6. The minimum atomic E-state index is -4.31. The molecule has 0 N–H and O–H groups in total. The van der Waals surface area contributed by atoms with Gasteiger partial charge in [-0.2, -0.15) is 13.2 Å². The summed E-state index contributed by atoms with van der Waals surface area (Å²) < 4.78 is 51.8. The molecule has 3 rings (SSSR count). The first-order valence-corrected chi connectivity index (χ1v) is 11.1. The van der Waals surface area contributed by atoms with Crippen LogP contribution in [-0.4, -0.2) is 47.9 Å². The van der Waals surface area contributed by atoms with Gasteiger partial charge in [0.2, 0.25) is 4.21 Å². The number of hydrogen-bond acceptors (Lipinski definition) is 4. The van der Waals surface area contributed by atoms with E-state index in [1.807, 2.05) is 24.0 Å². The standard InChI is InChI=1S/C19H23F3N2OS2/c1-15-6-7-18(26-15)27(25)13-3-8-23-9-11-24(12-10-23)17-5-2-4-16(14-17)19(20,21)22/h2,4-7,14H,3,8-13H2,1H3. The topological polar surface area (TPSA) is 29.5 Å². The summed E-state index contributed by atoms with van der Waals surface area (Å²) in [6.45, 7) is 5.90. The minimum absolute atomic E-state index is 0.603. The zero-order valence-electron chi connectivity index (χ0n) is 15.2. The van der Waals surface area contributed by atoms with E-state index in [1.54, 1.807) is 17.4 Å². The molecule has 1 unspecified atom stereocenters. The second kappa shape index (κ2) is 8.86. The van der Waals surface area contributed by atoms with Crippen molar-refractivity contribution in [3.63, 3.8) is 0 Å². The second-order valence-corrected chi connectivity index (χ2v) is 9.73. The molecule has 2 aromatic rings. The van der Waals surface area contributed by atoms with Gasteiger partial charge in [0, 0.05) is 55.8 Å². The Kier molecular flexibility index (Phi) is 6.73. The third-order valence-corrected chi connectivity index (χ3v) is 7.50. The Morgan fingerprint density at radius 1 is 1.11 bits per heavy atom. The van der Waals surface area contributed by atoms with Gasteiger partial charge in [-0.05, 0) is 42.4 Å². The maximum absolute atomic E-state index is 12.9. The van der Waals surface area contributed by atoms with Crippen molar-refractivity contribution in [2.75, 3.05) is 43.4 Å². The van der Waals surface area contributed by atoms with Gasteiger partial charge in [0.05, 0.1) is 5.56 Å². The van der Waals surface area contributed by atoms with E-state index < -0.39 is 22.9 Å². The van der Waals surface area contributed by atoms with Crippen molar-refractivity contribution in [2.45, 2.75) is 23.7 Å². The number of nitrogens with zero attached hydrogens (tertiary/aromatic N) is 2. The molecule has 1 aliphatic rings. The highest BCUT2D eigenvalue weighted by molar-refractivity contribution is 7.93. The molecule has 8 heteroatoms. The van der Waals surface area contributed by atoms with Crippen molar-refractivity contribution in [1.82, 2.24) is 4.90 Å². The average molecular weight is 417 g/mol. The number of piperazine rings is 1. The molecule has 27 heavy (non-hydrogen) atoms. The smallest absolute Gasteiger partial charge is 0.416 e. The zero-order chi connectivity index (χ0) is 19.4. The van der Waals surface area contributed by atoms with E-state index in [2.05, 4.69) is 4.90 Å². The quantitative estimate of drug-likeness (QED) is 0.654. The summed E-state index contributed by atoms with van der Waals surface area (Å²) in [6, 6.07) is 9.45. The van der Waals surface area contributed by atoms with Crippen molar-refractivity contribution >= 4 is 28.2 Å². The van der Waals surface area contributed by atoms with Crippen molar-refractivity contribution in [3.05, 3.63) is 46.8 Å². The van der Waals surface area contributed by atoms with Crippen LogP contribution < -0.4 is 4.90 Å². The SMILES string of the molecule is Cc1ccc([S+]([O-])CCCN2CCN(c3cccc(C(F)(F)F)c3)CC2)s1. The summed E-state index contributed by atoms with van der Waals surface area (Å²) >= 11 is 0.642. The van der Waals surface area contributed by atoms with Crippen LogP contribution >= 0.6 is 11.3 Å². The maximum atomic E-state index is 12.9. The lowest BCUT2D eigenvalue weighted by atomic mass is 10.1. The van der Waals surface area contributed by atoms with Crippen LogP contribution in [0.2, 0.25) is 0 Å². The Labute approximate surface area is 165 Å². The Bertz CT molecular complexity index is 743. The molecule has 1 aliphatic heterocycles. The van der Waals surface area contributed by atoms with Crippen LogP contribution in [0.1, 0.15) is 16.9 Å². The molecule has 1 aromatic heterocycles. The normalized spacial score (nSPS) is 17.3. The highest BCUT2D eigenvalue weighted by Crippen LogP contribution is 2.32. The third-order valence-electron chi connectivity index (χ3n) is 4.66. The van der Waals surface area contributed by atoms with E-state index in [4.69, 9.17) is 0 Å². The molecular formula is C19H23F3N2OS2. The molecule has 0 radical (unpaired) electrons. The number of anilines is 1. The first kappa shape index (κ1) is 20.5. The third kappa shape index (κ3) is 5.63. The minimum Gasteiger partial charge on any atom is -0.611 e. The average Bonchev–Trinajstić information content (AvgIpc) is 3.08. The number of aryl methyl sites for hydroxylation is 1. The van der Waals surface area contributed by atoms with E-state index in [0.717, 1.165) is 36.3 Å². The van der Waals surface area contributed by atoms with Gasteiger partial charge >= 0.3 is 6.18 Å². The van der Waals surface area contributed by atoms with Crippen LogP contribution in [0.4, 0.5) is 18.9 Å².